The van der Waals surface area contributed by atoms with Crippen molar-refractivity contribution in [3.05, 3.63) is 43.0 Å². The number of unbranched alkanes of at least 4 members (excludes halogenated alkanes) is 1. The molecule has 1 aromatic carbocycles. The highest BCUT2D eigenvalue weighted by atomic mass is 16.2. The van der Waals surface area contributed by atoms with Gasteiger partial charge >= 0.3 is 6.03 Å². The number of nitrogens with zero attached hydrogens (tertiary/aromatic N) is 3. The zero-order chi connectivity index (χ0) is 13.7. The molecule has 0 bridgehead atoms. The van der Waals surface area contributed by atoms with Gasteiger partial charge in [0.1, 0.15) is 0 Å². The molecule has 0 spiro atoms. The minimum Gasteiger partial charge on any atom is -0.351 e. The van der Waals surface area contributed by atoms with Gasteiger partial charge in [-0.1, -0.05) is 25.5 Å². The maximum absolute atomic E-state index is 11.7. The average Bonchev–Trinajstić information content (AvgIpc) is 2.93. The Morgan fingerprint density at radius 2 is 2.21 bits per heavy atom. The van der Waals surface area contributed by atoms with E-state index in [-0.39, 0.29) is 0 Å². The monoisotopic (exact) mass is 258 g/mol. The molecule has 0 aliphatic carbocycles. The second kappa shape index (κ2) is 6.04. The number of para-hydroxylation sites is 2. The molecule has 0 radical (unpaired) electrons. The Hall–Kier alpha value is -2.30. The quantitative estimate of drug-likeness (QED) is 0.895. The van der Waals surface area contributed by atoms with Crippen LogP contribution in [0.25, 0.3) is 5.69 Å². The van der Waals surface area contributed by atoms with Gasteiger partial charge < -0.3 is 10.3 Å². The molecule has 100 valence electrons. The molecule has 5 nitrogen and oxygen atoms in total. The zero-order valence-electron chi connectivity index (χ0n) is 11.0. The van der Waals surface area contributed by atoms with Crippen LogP contribution in [-0.2, 0) is 0 Å². The van der Waals surface area contributed by atoms with Gasteiger partial charge in [0, 0.05) is 18.9 Å². The fraction of sp³-hybridized carbons (Fsp3) is 0.286. The molecule has 5 heteroatoms. The van der Waals surface area contributed by atoms with Crippen molar-refractivity contribution in [3.63, 3.8) is 0 Å². The van der Waals surface area contributed by atoms with Gasteiger partial charge in [-0.3, -0.25) is 4.90 Å². The third kappa shape index (κ3) is 2.93. The normalized spacial score (nSPS) is 10.4. The number of hydrogen-bond acceptors (Lipinski definition) is 2. The van der Waals surface area contributed by atoms with Crippen LogP contribution in [-0.4, -0.2) is 22.1 Å². The van der Waals surface area contributed by atoms with E-state index in [1.165, 1.54) is 0 Å². The molecule has 2 rings (SSSR count). The molecule has 0 fully saturated rings. The lowest BCUT2D eigenvalue weighted by Crippen LogP contribution is -2.37. The Labute approximate surface area is 112 Å². The van der Waals surface area contributed by atoms with Crippen LogP contribution < -0.4 is 10.6 Å². The fourth-order valence-corrected chi connectivity index (χ4v) is 1.98. The van der Waals surface area contributed by atoms with Gasteiger partial charge in [0.2, 0.25) is 0 Å². The number of anilines is 1. The number of benzene rings is 1. The lowest BCUT2D eigenvalue weighted by atomic mass is 10.2. The number of aromatic nitrogens is 2. The lowest BCUT2D eigenvalue weighted by Gasteiger charge is -2.23. The van der Waals surface area contributed by atoms with Crippen LogP contribution >= 0.6 is 0 Å². The number of carbonyl (C=O) groups excluding carboxylic acids is 1. The van der Waals surface area contributed by atoms with Crippen molar-refractivity contribution in [2.45, 2.75) is 19.8 Å². The minimum absolute atomic E-state index is 0.430. The third-order valence-electron chi connectivity index (χ3n) is 2.96. The van der Waals surface area contributed by atoms with Crippen molar-refractivity contribution in [1.29, 1.82) is 0 Å². The summed E-state index contributed by atoms with van der Waals surface area (Å²) in [7, 11) is 0. The Morgan fingerprint density at radius 3 is 2.84 bits per heavy atom. The summed E-state index contributed by atoms with van der Waals surface area (Å²) < 4.78 is 1.87. The highest BCUT2D eigenvalue weighted by Crippen LogP contribution is 2.24. The molecule has 2 amide bonds. The minimum atomic E-state index is -0.430. The van der Waals surface area contributed by atoms with Gasteiger partial charge in [0.05, 0.1) is 17.7 Å². The Kier molecular flexibility index (Phi) is 4.18. The van der Waals surface area contributed by atoms with Crippen molar-refractivity contribution >= 4 is 11.7 Å². The number of urea groups is 1. The van der Waals surface area contributed by atoms with E-state index in [2.05, 4.69) is 11.9 Å². The average molecular weight is 258 g/mol. The van der Waals surface area contributed by atoms with E-state index in [0.29, 0.717) is 6.54 Å². The Balaban J connectivity index is 2.39. The third-order valence-corrected chi connectivity index (χ3v) is 2.96. The predicted octanol–water partition coefficient (Wildman–Crippen LogP) is 2.56. The fourth-order valence-electron chi connectivity index (χ4n) is 1.98. The van der Waals surface area contributed by atoms with E-state index in [1.807, 2.05) is 35.0 Å². The van der Waals surface area contributed by atoms with E-state index in [0.717, 1.165) is 24.2 Å². The van der Waals surface area contributed by atoms with E-state index < -0.39 is 6.03 Å². The number of amides is 2. The van der Waals surface area contributed by atoms with Crippen molar-refractivity contribution < 1.29 is 4.79 Å². The molecule has 2 aromatic rings. The van der Waals surface area contributed by atoms with Crippen LogP contribution in [0.3, 0.4) is 0 Å². The molecule has 1 heterocycles. The summed E-state index contributed by atoms with van der Waals surface area (Å²) in [4.78, 5) is 17.3. The van der Waals surface area contributed by atoms with Gasteiger partial charge in [-0.05, 0) is 18.6 Å². The highest BCUT2D eigenvalue weighted by molar-refractivity contribution is 5.93. The summed E-state index contributed by atoms with van der Waals surface area (Å²) in [6.45, 7) is 2.71. The van der Waals surface area contributed by atoms with Crippen molar-refractivity contribution in [1.82, 2.24) is 9.55 Å². The number of hydrogen-bond donors (Lipinski definition) is 1. The van der Waals surface area contributed by atoms with Gasteiger partial charge in [0.15, 0.2) is 0 Å². The van der Waals surface area contributed by atoms with Gasteiger partial charge in [0.25, 0.3) is 0 Å². The Morgan fingerprint density at radius 1 is 1.42 bits per heavy atom. The first kappa shape index (κ1) is 13.1. The lowest BCUT2D eigenvalue weighted by molar-refractivity contribution is 0.254. The molecule has 2 N–H and O–H groups in total. The van der Waals surface area contributed by atoms with Gasteiger partial charge in [-0.15, -0.1) is 0 Å². The molecule has 0 aliphatic heterocycles. The maximum atomic E-state index is 11.7. The summed E-state index contributed by atoms with van der Waals surface area (Å²) in [5, 5.41) is 0. The number of imidazole rings is 1. The number of rotatable bonds is 5. The highest BCUT2D eigenvalue weighted by Gasteiger charge is 2.15. The molecule has 0 aliphatic rings. The Bertz CT molecular complexity index is 536. The van der Waals surface area contributed by atoms with Crippen LogP contribution in [0.15, 0.2) is 43.0 Å². The maximum Gasteiger partial charge on any atom is 0.319 e. The van der Waals surface area contributed by atoms with Crippen LogP contribution in [0.1, 0.15) is 19.8 Å². The number of carbonyl (C=O) groups is 1. The standard InChI is InChI=1S/C14H18N4O/c1-2-3-9-18(14(15)19)13-7-5-4-6-12(13)17-10-8-16-11-17/h4-8,10-11H,2-3,9H2,1H3,(H2,15,19). The first-order valence-corrected chi connectivity index (χ1v) is 6.38. The summed E-state index contributed by atoms with van der Waals surface area (Å²) >= 11 is 0. The SMILES string of the molecule is CCCCN(C(N)=O)c1ccccc1-n1ccnc1. The van der Waals surface area contributed by atoms with Crippen molar-refractivity contribution in [2.75, 3.05) is 11.4 Å². The summed E-state index contributed by atoms with van der Waals surface area (Å²) in [5.41, 5.74) is 7.20. The van der Waals surface area contributed by atoms with Gasteiger partial charge in [-0.2, -0.15) is 0 Å². The molecular weight excluding hydrogens is 240 g/mol. The van der Waals surface area contributed by atoms with Crippen LogP contribution in [0.4, 0.5) is 10.5 Å². The zero-order valence-corrected chi connectivity index (χ0v) is 11.0. The van der Waals surface area contributed by atoms with E-state index in [9.17, 15) is 4.79 Å². The topological polar surface area (TPSA) is 64.2 Å². The van der Waals surface area contributed by atoms with E-state index in [4.69, 9.17) is 5.73 Å². The molecular formula is C14H18N4O. The molecule has 19 heavy (non-hydrogen) atoms. The van der Waals surface area contributed by atoms with Crippen molar-refractivity contribution in [3.8, 4) is 5.69 Å². The summed E-state index contributed by atoms with van der Waals surface area (Å²) in [5.74, 6) is 0. The van der Waals surface area contributed by atoms with Gasteiger partial charge in [-0.25, -0.2) is 9.78 Å². The number of primary amides is 1. The first-order valence-electron chi connectivity index (χ1n) is 6.38. The molecule has 0 saturated heterocycles. The molecule has 0 unspecified atom stereocenters. The first-order chi connectivity index (χ1) is 9.24. The van der Waals surface area contributed by atoms with Crippen molar-refractivity contribution in [2.24, 2.45) is 5.73 Å². The van der Waals surface area contributed by atoms with E-state index in [1.54, 1.807) is 17.4 Å². The van der Waals surface area contributed by atoms with Crippen LogP contribution in [0.2, 0.25) is 0 Å². The second-order valence-electron chi connectivity index (χ2n) is 4.30. The van der Waals surface area contributed by atoms with E-state index >= 15 is 0 Å². The largest absolute Gasteiger partial charge is 0.351 e. The molecule has 0 saturated carbocycles. The predicted molar refractivity (Wildman–Crippen MR) is 75.4 cm³/mol. The molecule has 0 atom stereocenters. The van der Waals surface area contributed by atoms with Crippen LogP contribution in [0, 0.1) is 0 Å². The summed E-state index contributed by atoms with van der Waals surface area (Å²) in [6.07, 6.45) is 7.19. The summed E-state index contributed by atoms with van der Waals surface area (Å²) in [6, 6.07) is 7.24. The second-order valence-corrected chi connectivity index (χ2v) is 4.30. The number of nitrogens with two attached hydrogens (primary N) is 1. The van der Waals surface area contributed by atoms with Crippen LogP contribution in [0.5, 0.6) is 0 Å². The smallest absolute Gasteiger partial charge is 0.319 e. The molecule has 1 aromatic heterocycles.